The molecule has 0 saturated carbocycles. The molecule has 0 aromatic heterocycles. The van der Waals surface area contributed by atoms with Crippen molar-refractivity contribution in [1.82, 2.24) is 5.32 Å². The Hall–Kier alpha value is -0.860. The summed E-state index contributed by atoms with van der Waals surface area (Å²) in [6, 6.07) is 10.1. The number of hydrogen-bond donors (Lipinski definition) is 2. The summed E-state index contributed by atoms with van der Waals surface area (Å²) < 4.78 is 0. The maximum Gasteiger partial charge on any atom is 0.0935 e. The largest absolute Gasteiger partial charge is 0.389 e. The number of nitrogens with one attached hydrogen (secondary N) is 1. The van der Waals surface area contributed by atoms with Gasteiger partial charge in [0.25, 0.3) is 0 Å². The van der Waals surface area contributed by atoms with Gasteiger partial charge >= 0.3 is 0 Å². The zero-order valence-electron chi connectivity index (χ0n) is 6.33. The van der Waals surface area contributed by atoms with E-state index >= 15 is 0 Å². The first-order chi connectivity index (χ1) is 5.43. The number of aliphatic hydroxyl groups excluding tert-OH is 1. The second-order valence-corrected chi connectivity index (χ2v) is 2.30. The van der Waals surface area contributed by atoms with Crippen LogP contribution < -0.4 is 5.32 Å². The summed E-state index contributed by atoms with van der Waals surface area (Å²) >= 11 is 0. The third-order valence-electron chi connectivity index (χ3n) is 1.41. The summed E-state index contributed by atoms with van der Waals surface area (Å²) in [7, 11) is 0. The Kier molecular flexibility index (Phi) is 3.65. The fourth-order valence-corrected chi connectivity index (χ4v) is 0.877. The molecule has 2 heteroatoms. The number of hydrogen-bond acceptors (Lipinski definition) is 2. The van der Waals surface area contributed by atoms with E-state index in [4.69, 9.17) is 5.11 Å². The van der Waals surface area contributed by atoms with E-state index in [-0.39, 0.29) is 0 Å². The van der Waals surface area contributed by atoms with E-state index in [0.29, 0.717) is 6.54 Å². The van der Waals surface area contributed by atoms with Crippen molar-refractivity contribution in [3.05, 3.63) is 42.5 Å². The minimum absolute atomic E-state index is 0.537. The molecule has 0 bridgehead atoms. The van der Waals surface area contributed by atoms with Crippen LogP contribution in [0.3, 0.4) is 0 Å². The Morgan fingerprint density at radius 1 is 1.27 bits per heavy atom. The minimum Gasteiger partial charge on any atom is -0.389 e. The average molecular weight is 150 g/mol. The van der Waals surface area contributed by atoms with Crippen molar-refractivity contribution >= 4 is 0 Å². The second-order valence-electron chi connectivity index (χ2n) is 2.30. The highest BCUT2D eigenvalue weighted by Gasteiger charge is 1.88. The van der Waals surface area contributed by atoms with Crippen molar-refractivity contribution in [1.29, 1.82) is 0 Å². The van der Waals surface area contributed by atoms with E-state index in [0.717, 1.165) is 13.2 Å². The van der Waals surface area contributed by atoms with Crippen molar-refractivity contribution in [2.45, 2.75) is 6.54 Å². The van der Waals surface area contributed by atoms with Crippen LogP contribution in [0.5, 0.6) is 0 Å². The van der Waals surface area contributed by atoms with Crippen LogP contribution in [-0.2, 0) is 6.54 Å². The number of rotatable bonds is 4. The molecule has 1 aromatic rings. The molecule has 0 spiro atoms. The van der Waals surface area contributed by atoms with Crippen LogP contribution in [0.4, 0.5) is 0 Å². The van der Waals surface area contributed by atoms with Gasteiger partial charge in [0, 0.05) is 13.1 Å². The van der Waals surface area contributed by atoms with E-state index < -0.39 is 0 Å². The molecule has 0 saturated heterocycles. The molecule has 0 atom stereocenters. The van der Waals surface area contributed by atoms with E-state index in [1.54, 1.807) is 0 Å². The van der Waals surface area contributed by atoms with Gasteiger partial charge in [0.1, 0.15) is 0 Å². The van der Waals surface area contributed by atoms with E-state index in [1.165, 1.54) is 5.56 Å². The quantitative estimate of drug-likeness (QED) is 0.634. The Bertz CT molecular complexity index is 186. The number of benzene rings is 1. The SMILES string of the molecule is O[CH]CNCc1ccccc1. The first-order valence-corrected chi connectivity index (χ1v) is 3.64. The molecular formula is C9H12NO. The van der Waals surface area contributed by atoms with Crippen molar-refractivity contribution in [2.24, 2.45) is 0 Å². The molecule has 0 unspecified atom stereocenters. The molecule has 0 aliphatic heterocycles. The third kappa shape index (κ3) is 3.16. The van der Waals surface area contributed by atoms with Gasteiger partial charge in [-0.1, -0.05) is 30.3 Å². The predicted octanol–water partition coefficient (Wildman–Crippen LogP) is 1.31. The lowest BCUT2D eigenvalue weighted by molar-refractivity contribution is 0.375. The topological polar surface area (TPSA) is 32.3 Å². The zero-order valence-corrected chi connectivity index (χ0v) is 6.33. The van der Waals surface area contributed by atoms with Gasteiger partial charge in [-0.3, -0.25) is 0 Å². The van der Waals surface area contributed by atoms with Crippen molar-refractivity contribution in [3.63, 3.8) is 0 Å². The highest BCUT2D eigenvalue weighted by Crippen LogP contribution is 1.96. The van der Waals surface area contributed by atoms with Gasteiger partial charge in [-0.25, -0.2) is 0 Å². The molecule has 0 aliphatic carbocycles. The molecule has 11 heavy (non-hydrogen) atoms. The lowest BCUT2D eigenvalue weighted by Gasteiger charge is -2.00. The van der Waals surface area contributed by atoms with Crippen LogP contribution >= 0.6 is 0 Å². The molecule has 0 amide bonds. The molecule has 0 aliphatic rings. The van der Waals surface area contributed by atoms with Gasteiger partial charge in [0.05, 0.1) is 6.61 Å². The van der Waals surface area contributed by atoms with Crippen molar-refractivity contribution < 1.29 is 5.11 Å². The lowest BCUT2D eigenvalue weighted by atomic mass is 10.2. The summed E-state index contributed by atoms with van der Waals surface area (Å²) in [4.78, 5) is 0. The predicted molar refractivity (Wildman–Crippen MR) is 44.4 cm³/mol. The fourth-order valence-electron chi connectivity index (χ4n) is 0.877. The number of aliphatic hydroxyl groups is 1. The first kappa shape index (κ1) is 8.24. The van der Waals surface area contributed by atoms with Gasteiger partial charge < -0.3 is 10.4 Å². The Morgan fingerprint density at radius 2 is 2.00 bits per heavy atom. The molecular weight excluding hydrogens is 138 g/mol. The molecule has 2 nitrogen and oxygen atoms in total. The molecule has 0 heterocycles. The van der Waals surface area contributed by atoms with Gasteiger partial charge in [0.15, 0.2) is 0 Å². The van der Waals surface area contributed by atoms with Crippen LogP contribution in [0.1, 0.15) is 5.56 Å². The average Bonchev–Trinajstić information content (AvgIpc) is 2.07. The fraction of sp³-hybridized carbons (Fsp3) is 0.222. The van der Waals surface area contributed by atoms with Gasteiger partial charge in [-0.2, -0.15) is 0 Å². The summed E-state index contributed by atoms with van der Waals surface area (Å²) in [5.74, 6) is 0. The normalized spacial score (nSPS) is 9.91. The molecule has 2 N–H and O–H groups in total. The summed E-state index contributed by atoms with van der Waals surface area (Å²) in [6.45, 7) is 2.45. The van der Waals surface area contributed by atoms with Crippen LogP contribution in [0.2, 0.25) is 0 Å². The summed E-state index contributed by atoms with van der Waals surface area (Å²) in [5, 5.41) is 11.4. The summed E-state index contributed by atoms with van der Waals surface area (Å²) in [6.07, 6.45) is 0. The second kappa shape index (κ2) is 4.88. The molecule has 1 radical (unpaired) electrons. The van der Waals surface area contributed by atoms with Crippen LogP contribution in [-0.4, -0.2) is 11.7 Å². The molecule has 1 aromatic carbocycles. The maximum absolute atomic E-state index is 8.36. The monoisotopic (exact) mass is 150 g/mol. The molecule has 0 fully saturated rings. The first-order valence-electron chi connectivity index (χ1n) is 3.64. The Labute approximate surface area is 66.9 Å². The van der Waals surface area contributed by atoms with Gasteiger partial charge in [-0.05, 0) is 5.56 Å². The van der Waals surface area contributed by atoms with Crippen molar-refractivity contribution in [3.8, 4) is 0 Å². The molecule has 1 rings (SSSR count). The Morgan fingerprint density at radius 3 is 2.64 bits per heavy atom. The summed E-state index contributed by atoms with van der Waals surface area (Å²) in [5.41, 5.74) is 1.23. The Balaban J connectivity index is 2.28. The van der Waals surface area contributed by atoms with Gasteiger partial charge in [0.2, 0.25) is 0 Å². The maximum atomic E-state index is 8.36. The standard InChI is InChI=1S/C9H12NO/c11-7-6-10-8-9-4-2-1-3-5-9/h1-5,7,10-11H,6,8H2. The third-order valence-corrected chi connectivity index (χ3v) is 1.41. The highest BCUT2D eigenvalue weighted by molar-refractivity contribution is 5.14. The van der Waals surface area contributed by atoms with Crippen molar-refractivity contribution in [2.75, 3.05) is 6.54 Å². The van der Waals surface area contributed by atoms with E-state index in [1.807, 2.05) is 30.3 Å². The zero-order chi connectivity index (χ0) is 7.94. The van der Waals surface area contributed by atoms with Gasteiger partial charge in [-0.15, -0.1) is 0 Å². The molecule has 59 valence electrons. The van der Waals surface area contributed by atoms with E-state index in [9.17, 15) is 0 Å². The van der Waals surface area contributed by atoms with Crippen LogP contribution in [0.15, 0.2) is 30.3 Å². The van der Waals surface area contributed by atoms with Crippen LogP contribution in [0, 0.1) is 6.61 Å². The minimum atomic E-state index is 0.537. The highest BCUT2D eigenvalue weighted by atomic mass is 16.3. The lowest BCUT2D eigenvalue weighted by Crippen LogP contribution is -2.14. The van der Waals surface area contributed by atoms with Crippen LogP contribution in [0.25, 0.3) is 0 Å². The van der Waals surface area contributed by atoms with E-state index in [2.05, 4.69) is 5.32 Å². The smallest absolute Gasteiger partial charge is 0.0935 e.